The number of fused-ring (bicyclic) bond motifs is 4. The standard InChI is InChI=1S/C24H23F3N6O4/c25-24(26,27)15-3-1-2-14(8-15)21-29-10-19-22(31-21)33(16-6-7-32(19)11-16)23(36)30-20-5-4-18(9-28-20)37-13-17(35)12-34/h1-5,8-10,16-17,34-35H,6-7,11-13H2,(H,28,30,36)/t16-,17+/m0/s1. The smallest absolute Gasteiger partial charge is 0.416 e. The fourth-order valence-electron chi connectivity index (χ4n) is 4.30. The molecule has 2 aromatic heterocycles. The molecule has 2 amide bonds. The van der Waals surface area contributed by atoms with E-state index in [9.17, 15) is 23.1 Å². The van der Waals surface area contributed by atoms with Crippen LogP contribution in [0.15, 0.2) is 48.8 Å². The van der Waals surface area contributed by atoms with E-state index in [1.165, 1.54) is 35.5 Å². The molecule has 0 aliphatic carbocycles. The SMILES string of the molecule is O=C(Nc1ccc(OC[C@H](O)CO)cn1)N1c2nc(-c3cccc(C(F)(F)F)c3)ncc2N2CC[C@H]1C2. The highest BCUT2D eigenvalue weighted by molar-refractivity contribution is 6.04. The first-order valence-corrected chi connectivity index (χ1v) is 11.5. The summed E-state index contributed by atoms with van der Waals surface area (Å²) in [6.07, 6.45) is -1.93. The Morgan fingerprint density at radius 2 is 2.05 bits per heavy atom. The number of ether oxygens (including phenoxy) is 1. The second-order valence-corrected chi connectivity index (χ2v) is 8.70. The van der Waals surface area contributed by atoms with Crippen molar-refractivity contribution in [3.8, 4) is 17.1 Å². The zero-order valence-electron chi connectivity index (χ0n) is 19.4. The number of carbonyl (C=O) groups is 1. The van der Waals surface area contributed by atoms with Crippen LogP contribution < -0.4 is 19.9 Å². The van der Waals surface area contributed by atoms with Crippen molar-refractivity contribution < 1.29 is 32.9 Å². The Bertz CT molecular complexity index is 1290. The molecule has 13 heteroatoms. The summed E-state index contributed by atoms with van der Waals surface area (Å²) in [4.78, 5) is 29.9. The maximum absolute atomic E-state index is 13.3. The average Bonchev–Trinajstić information content (AvgIpc) is 3.31. The topological polar surface area (TPSA) is 124 Å². The number of rotatable bonds is 6. The minimum atomic E-state index is -4.51. The Kier molecular flexibility index (Phi) is 6.56. The summed E-state index contributed by atoms with van der Waals surface area (Å²) in [5.41, 5.74) is 0.00219. The van der Waals surface area contributed by atoms with E-state index in [-0.39, 0.29) is 29.9 Å². The number of pyridine rings is 1. The van der Waals surface area contributed by atoms with Crippen molar-refractivity contribution in [2.75, 3.05) is 41.4 Å². The number of carbonyl (C=O) groups excluding carboxylic acids is 1. The van der Waals surface area contributed by atoms with Gasteiger partial charge in [-0.25, -0.2) is 19.7 Å². The van der Waals surface area contributed by atoms with Gasteiger partial charge in [-0.1, -0.05) is 12.1 Å². The number of aliphatic hydroxyl groups is 2. The van der Waals surface area contributed by atoms with Crippen LogP contribution in [0.5, 0.6) is 5.75 Å². The molecule has 1 saturated heterocycles. The van der Waals surface area contributed by atoms with Gasteiger partial charge in [-0.05, 0) is 30.7 Å². The van der Waals surface area contributed by atoms with Crippen LogP contribution in [0.4, 0.5) is 35.3 Å². The summed E-state index contributed by atoms with van der Waals surface area (Å²) in [5.74, 6) is 0.981. The molecule has 0 unspecified atom stereocenters. The van der Waals surface area contributed by atoms with Crippen LogP contribution in [0.1, 0.15) is 12.0 Å². The lowest BCUT2D eigenvalue weighted by atomic mass is 10.1. The van der Waals surface area contributed by atoms with Crippen molar-refractivity contribution in [2.45, 2.75) is 24.7 Å². The molecule has 2 aliphatic heterocycles. The predicted octanol–water partition coefficient (Wildman–Crippen LogP) is 2.92. The monoisotopic (exact) mass is 516 g/mol. The highest BCUT2D eigenvalue weighted by Gasteiger charge is 2.41. The number of hydrogen-bond acceptors (Lipinski definition) is 8. The zero-order chi connectivity index (χ0) is 26.2. The largest absolute Gasteiger partial charge is 0.489 e. The molecule has 0 saturated carbocycles. The molecule has 2 atom stereocenters. The molecule has 1 aromatic carbocycles. The van der Waals surface area contributed by atoms with Gasteiger partial charge in [0, 0.05) is 18.7 Å². The highest BCUT2D eigenvalue weighted by atomic mass is 19.4. The molecule has 0 spiro atoms. The molecule has 194 valence electrons. The minimum absolute atomic E-state index is 0.0786. The van der Waals surface area contributed by atoms with Crippen molar-refractivity contribution in [3.05, 3.63) is 54.4 Å². The number of hydrogen-bond donors (Lipinski definition) is 3. The Labute approximate surface area is 209 Å². The third-order valence-corrected chi connectivity index (χ3v) is 6.14. The Hall–Kier alpha value is -3.97. The van der Waals surface area contributed by atoms with Crippen LogP contribution in [0.25, 0.3) is 11.4 Å². The van der Waals surface area contributed by atoms with Crippen LogP contribution in [-0.2, 0) is 6.18 Å². The summed E-state index contributed by atoms with van der Waals surface area (Å²) >= 11 is 0. The number of nitrogens with one attached hydrogen (secondary N) is 1. The second-order valence-electron chi connectivity index (χ2n) is 8.70. The second kappa shape index (κ2) is 9.82. The van der Waals surface area contributed by atoms with E-state index in [4.69, 9.17) is 9.84 Å². The first kappa shape index (κ1) is 24.7. The van der Waals surface area contributed by atoms with Gasteiger partial charge in [0.2, 0.25) is 0 Å². The fraction of sp³-hybridized carbons (Fsp3) is 0.333. The number of aliphatic hydroxyl groups excluding tert-OH is 2. The van der Waals surface area contributed by atoms with E-state index >= 15 is 0 Å². The first-order chi connectivity index (χ1) is 17.7. The van der Waals surface area contributed by atoms with Gasteiger partial charge in [0.05, 0.1) is 36.3 Å². The molecule has 3 aromatic rings. The zero-order valence-corrected chi connectivity index (χ0v) is 19.4. The van der Waals surface area contributed by atoms with Crippen molar-refractivity contribution in [2.24, 2.45) is 0 Å². The first-order valence-electron chi connectivity index (χ1n) is 11.5. The van der Waals surface area contributed by atoms with Crippen molar-refractivity contribution in [1.29, 1.82) is 0 Å². The van der Waals surface area contributed by atoms with E-state index < -0.39 is 30.5 Å². The van der Waals surface area contributed by atoms with Gasteiger partial charge in [0.25, 0.3) is 0 Å². The predicted molar refractivity (Wildman–Crippen MR) is 127 cm³/mol. The molecule has 5 rings (SSSR count). The third kappa shape index (κ3) is 5.13. The van der Waals surface area contributed by atoms with Gasteiger partial charge in [-0.2, -0.15) is 13.2 Å². The molecule has 37 heavy (non-hydrogen) atoms. The molecular weight excluding hydrogens is 493 g/mol. The normalized spacial score (nSPS) is 17.4. The van der Waals surface area contributed by atoms with Gasteiger partial charge in [0.15, 0.2) is 11.6 Å². The molecule has 2 bridgehead atoms. The number of amides is 2. The Morgan fingerprint density at radius 1 is 1.22 bits per heavy atom. The lowest BCUT2D eigenvalue weighted by Gasteiger charge is -2.35. The van der Waals surface area contributed by atoms with Crippen LogP contribution in [0, 0.1) is 0 Å². The number of halogens is 3. The van der Waals surface area contributed by atoms with E-state index in [2.05, 4.69) is 20.3 Å². The van der Waals surface area contributed by atoms with Gasteiger partial charge in [-0.3, -0.25) is 10.2 Å². The molecular formula is C24H23F3N6O4. The molecule has 4 heterocycles. The quantitative estimate of drug-likeness (QED) is 0.457. The third-order valence-electron chi connectivity index (χ3n) is 6.14. The Balaban J connectivity index is 1.39. The van der Waals surface area contributed by atoms with Crippen LogP contribution >= 0.6 is 0 Å². The number of benzene rings is 1. The van der Waals surface area contributed by atoms with Crippen molar-refractivity contribution in [3.63, 3.8) is 0 Å². The number of urea groups is 1. The molecule has 2 aliphatic rings. The van der Waals surface area contributed by atoms with Gasteiger partial charge in [0.1, 0.15) is 24.3 Å². The number of aromatic nitrogens is 3. The summed E-state index contributed by atoms with van der Waals surface area (Å²) < 4.78 is 45.0. The molecule has 0 radical (unpaired) electrons. The number of nitrogens with zero attached hydrogens (tertiary/aromatic N) is 5. The number of anilines is 3. The lowest BCUT2D eigenvalue weighted by molar-refractivity contribution is -0.137. The van der Waals surface area contributed by atoms with Crippen molar-refractivity contribution >= 4 is 23.4 Å². The average molecular weight is 516 g/mol. The van der Waals surface area contributed by atoms with E-state index in [1.54, 1.807) is 6.07 Å². The van der Waals surface area contributed by atoms with Gasteiger partial charge in [-0.15, -0.1) is 0 Å². The van der Waals surface area contributed by atoms with Gasteiger partial charge >= 0.3 is 12.2 Å². The highest BCUT2D eigenvalue weighted by Crippen LogP contribution is 2.40. The maximum Gasteiger partial charge on any atom is 0.416 e. The molecule has 1 fully saturated rings. The minimum Gasteiger partial charge on any atom is -0.489 e. The van der Waals surface area contributed by atoms with Crippen LogP contribution in [0.3, 0.4) is 0 Å². The van der Waals surface area contributed by atoms with E-state index in [1.807, 2.05) is 4.90 Å². The van der Waals surface area contributed by atoms with Gasteiger partial charge < -0.3 is 19.8 Å². The molecule has 10 nitrogen and oxygen atoms in total. The summed E-state index contributed by atoms with van der Waals surface area (Å²) in [6.45, 7) is 0.731. The summed E-state index contributed by atoms with van der Waals surface area (Å²) in [7, 11) is 0. The molecule has 3 N–H and O–H groups in total. The van der Waals surface area contributed by atoms with Crippen LogP contribution in [0.2, 0.25) is 0 Å². The number of alkyl halides is 3. The summed E-state index contributed by atoms with van der Waals surface area (Å²) in [5, 5.41) is 21.0. The maximum atomic E-state index is 13.3. The van der Waals surface area contributed by atoms with Crippen molar-refractivity contribution in [1.82, 2.24) is 15.0 Å². The van der Waals surface area contributed by atoms with Crippen LogP contribution in [-0.4, -0.2) is 69.6 Å². The van der Waals surface area contributed by atoms with E-state index in [0.29, 0.717) is 36.8 Å². The summed E-state index contributed by atoms with van der Waals surface area (Å²) in [6, 6.07) is 7.16. The fourth-order valence-corrected chi connectivity index (χ4v) is 4.30. The lowest BCUT2D eigenvalue weighted by Crippen LogP contribution is -2.48. The Morgan fingerprint density at radius 3 is 2.78 bits per heavy atom. The van der Waals surface area contributed by atoms with E-state index in [0.717, 1.165) is 12.1 Å².